The molecule has 1 aliphatic rings. The van der Waals surface area contributed by atoms with E-state index in [1.807, 2.05) is 0 Å². The molecule has 0 spiro atoms. The van der Waals surface area contributed by atoms with Crippen molar-refractivity contribution in [3.05, 3.63) is 0 Å². The Morgan fingerprint density at radius 3 is 1.94 bits per heavy atom. The van der Waals surface area contributed by atoms with Gasteiger partial charge in [-0.3, -0.25) is 9.59 Å². The zero-order valence-corrected chi connectivity index (χ0v) is 12.1. The highest BCUT2D eigenvalue weighted by Gasteiger charge is 2.51. The largest absolute Gasteiger partial charge is 0.480 e. The van der Waals surface area contributed by atoms with Crippen molar-refractivity contribution in [1.82, 2.24) is 5.32 Å². The van der Waals surface area contributed by atoms with Crippen LogP contribution in [0.2, 0.25) is 0 Å². The maximum Gasteiger partial charge on any atom is 0.319 e. The monoisotopic (exact) mass is 255 g/mol. The van der Waals surface area contributed by atoms with Crippen molar-refractivity contribution in [2.75, 3.05) is 6.54 Å². The van der Waals surface area contributed by atoms with E-state index in [0.29, 0.717) is 19.4 Å². The lowest BCUT2D eigenvalue weighted by molar-refractivity contribution is -0.162. The summed E-state index contributed by atoms with van der Waals surface area (Å²) < 4.78 is 0. The van der Waals surface area contributed by atoms with Crippen LogP contribution < -0.4 is 5.32 Å². The van der Waals surface area contributed by atoms with Crippen molar-refractivity contribution < 1.29 is 14.7 Å². The zero-order valence-electron chi connectivity index (χ0n) is 12.1. The zero-order chi connectivity index (χ0) is 14.2. The van der Waals surface area contributed by atoms with Crippen LogP contribution in [0.25, 0.3) is 0 Å². The quantitative estimate of drug-likeness (QED) is 0.758. The molecule has 2 N–H and O–H groups in total. The summed E-state index contributed by atoms with van der Waals surface area (Å²) in [5.74, 6) is -1.31. The molecule has 1 saturated carbocycles. The van der Waals surface area contributed by atoms with E-state index in [0.717, 1.165) is 6.42 Å². The summed E-state index contributed by atoms with van der Waals surface area (Å²) in [7, 11) is 0. The molecule has 0 bridgehead atoms. The van der Waals surface area contributed by atoms with Crippen LogP contribution in [0.5, 0.6) is 0 Å². The molecule has 1 fully saturated rings. The van der Waals surface area contributed by atoms with Crippen molar-refractivity contribution >= 4 is 11.9 Å². The van der Waals surface area contributed by atoms with Gasteiger partial charge in [0.05, 0.1) is 0 Å². The summed E-state index contributed by atoms with van der Waals surface area (Å²) in [5, 5.41) is 12.0. The molecule has 1 rings (SSSR count). The fourth-order valence-electron chi connectivity index (χ4n) is 1.80. The molecule has 0 aromatic heterocycles. The second-order valence-electron chi connectivity index (χ2n) is 7.06. The Labute approximate surface area is 109 Å². The average molecular weight is 255 g/mol. The number of amides is 1. The van der Waals surface area contributed by atoms with Gasteiger partial charge in [-0.1, -0.05) is 41.0 Å². The third-order valence-corrected chi connectivity index (χ3v) is 4.77. The van der Waals surface area contributed by atoms with Gasteiger partial charge >= 0.3 is 5.97 Å². The van der Waals surface area contributed by atoms with Gasteiger partial charge in [-0.25, -0.2) is 0 Å². The summed E-state index contributed by atoms with van der Waals surface area (Å²) in [6, 6.07) is 0. The van der Waals surface area contributed by atoms with Crippen LogP contribution in [0.3, 0.4) is 0 Å². The van der Waals surface area contributed by atoms with Crippen molar-refractivity contribution in [1.29, 1.82) is 0 Å². The maximum absolute atomic E-state index is 12.1. The van der Waals surface area contributed by atoms with Crippen molar-refractivity contribution in [3.63, 3.8) is 0 Å². The normalized spacial score (nSPS) is 18.9. The lowest BCUT2D eigenvalue weighted by Gasteiger charge is -2.41. The standard InChI is InChI=1S/C14H25NO3/c1-12(2,3)13(4,5)9-15-10(16)14(11(17)18)7-6-8-14/h6-9H2,1-5H3,(H,15,16)(H,17,18). The molecule has 0 radical (unpaired) electrons. The Morgan fingerprint density at radius 1 is 1.17 bits per heavy atom. The number of carbonyl (C=O) groups excluding carboxylic acids is 1. The molecule has 1 amide bonds. The highest BCUT2D eigenvalue weighted by Crippen LogP contribution is 2.42. The molecule has 0 atom stereocenters. The number of carboxylic acid groups (broad SMARTS) is 1. The Kier molecular flexibility index (Phi) is 3.80. The summed E-state index contributed by atoms with van der Waals surface area (Å²) >= 11 is 0. The molecule has 0 saturated heterocycles. The Hall–Kier alpha value is -1.06. The van der Waals surface area contributed by atoms with Crippen molar-refractivity contribution in [2.24, 2.45) is 16.2 Å². The van der Waals surface area contributed by atoms with Gasteiger partial charge in [0.15, 0.2) is 0 Å². The molecule has 1 aliphatic carbocycles. The predicted molar refractivity (Wildman–Crippen MR) is 70.2 cm³/mol. The fraction of sp³-hybridized carbons (Fsp3) is 0.857. The van der Waals surface area contributed by atoms with E-state index in [-0.39, 0.29) is 16.7 Å². The molecule has 0 heterocycles. The molecule has 0 aromatic rings. The van der Waals surface area contributed by atoms with Gasteiger partial charge in [-0.2, -0.15) is 0 Å². The topological polar surface area (TPSA) is 66.4 Å². The van der Waals surface area contributed by atoms with Gasteiger partial charge in [0, 0.05) is 6.54 Å². The first-order valence-electron chi connectivity index (χ1n) is 6.55. The number of carboxylic acids is 1. The summed E-state index contributed by atoms with van der Waals surface area (Å²) in [6.45, 7) is 11.0. The molecule has 0 aromatic carbocycles. The first kappa shape index (κ1) is 15.0. The van der Waals surface area contributed by atoms with E-state index >= 15 is 0 Å². The van der Waals surface area contributed by atoms with Crippen LogP contribution in [-0.4, -0.2) is 23.5 Å². The molecule has 104 valence electrons. The smallest absolute Gasteiger partial charge is 0.319 e. The van der Waals surface area contributed by atoms with E-state index in [9.17, 15) is 14.7 Å². The third kappa shape index (κ3) is 2.52. The predicted octanol–water partition coefficient (Wildman–Crippen LogP) is 2.43. The molecule has 4 heteroatoms. The van der Waals surface area contributed by atoms with Crippen LogP contribution in [0, 0.1) is 16.2 Å². The van der Waals surface area contributed by atoms with Crippen molar-refractivity contribution in [3.8, 4) is 0 Å². The Balaban J connectivity index is 2.65. The fourth-order valence-corrected chi connectivity index (χ4v) is 1.80. The van der Waals surface area contributed by atoms with Crippen LogP contribution in [0.15, 0.2) is 0 Å². The van der Waals surface area contributed by atoms with Crippen molar-refractivity contribution in [2.45, 2.75) is 53.9 Å². The van der Waals surface area contributed by atoms with Gasteiger partial charge in [-0.05, 0) is 23.7 Å². The van der Waals surface area contributed by atoms with E-state index < -0.39 is 11.4 Å². The number of rotatable bonds is 4. The highest BCUT2D eigenvalue weighted by atomic mass is 16.4. The molecular formula is C14H25NO3. The highest BCUT2D eigenvalue weighted by molar-refractivity contribution is 6.02. The minimum absolute atomic E-state index is 0.0519. The van der Waals surface area contributed by atoms with E-state index in [1.54, 1.807) is 0 Å². The molecule has 18 heavy (non-hydrogen) atoms. The molecule has 0 aliphatic heterocycles. The first-order valence-corrected chi connectivity index (χ1v) is 6.55. The van der Waals surface area contributed by atoms with Gasteiger partial charge in [0.2, 0.25) is 5.91 Å². The SMILES string of the molecule is CC(C)(C)C(C)(C)CNC(=O)C1(C(=O)O)CCC1. The van der Waals surface area contributed by atoms with Crippen LogP contribution >= 0.6 is 0 Å². The minimum atomic E-state index is -1.16. The summed E-state index contributed by atoms with van der Waals surface area (Å²) in [4.78, 5) is 23.3. The Bertz CT molecular complexity index is 349. The number of aliphatic carboxylic acids is 1. The molecular weight excluding hydrogens is 230 g/mol. The lowest BCUT2D eigenvalue weighted by atomic mass is 9.67. The van der Waals surface area contributed by atoms with E-state index in [4.69, 9.17) is 0 Å². The van der Waals surface area contributed by atoms with E-state index in [2.05, 4.69) is 39.9 Å². The van der Waals surface area contributed by atoms with Crippen LogP contribution in [-0.2, 0) is 9.59 Å². The van der Waals surface area contributed by atoms with Crippen LogP contribution in [0.4, 0.5) is 0 Å². The summed E-state index contributed by atoms with van der Waals surface area (Å²) in [5.41, 5.74) is -1.18. The second kappa shape index (κ2) is 4.56. The van der Waals surface area contributed by atoms with Gasteiger partial charge in [0.25, 0.3) is 0 Å². The van der Waals surface area contributed by atoms with Gasteiger partial charge in [-0.15, -0.1) is 0 Å². The molecule has 0 unspecified atom stereocenters. The lowest BCUT2D eigenvalue weighted by Crippen LogP contribution is -2.53. The van der Waals surface area contributed by atoms with Crippen LogP contribution in [0.1, 0.15) is 53.9 Å². The number of hydrogen-bond donors (Lipinski definition) is 2. The number of hydrogen-bond acceptors (Lipinski definition) is 2. The third-order valence-electron chi connectivity index (χ3n) is 4.77. The maximum atomic E-state index is 12.1. The minimum Gasteiger partial charge on any atom is -0.480 e. The number of carbonyl (C=O) groups is 2. The number of nitrogens with one attached hydrogen (secondary N) is 1. The van der Waals surface area contributed by atoms with E-state index in [1.165, 1.54) is 0 Å². The molecule has 4 nitrogen and oxygen atoms in total. The first-order chi connectivity index (χ1) is 8.03. The Morgan fingerprint density at radius 2 is 1.67 bits per heavy atom. The van der Waals surface area contributed by atoms with Gasteiger partial charge < -0.3 is 10.4 Å². The van der Waals surface area contributed by atoms with Gasteiger partial charge in [0.1, 0.15) is 5.41 Å². The second-order valence-corrected chi connectivity index (χ2v) is 7.06. The average Bonchev–Trinajstić information content (AvgIpc) is 2.10. The summed E-state index contributed by atoms with van der Waals surface area (Å²) in [6.07, 6.45) is 1.75.